The molecule has 1 saturated heterocycles. The van der Waals surface area contributed by atoms with Crippen molar-refractivity contribution < 1.29 is 22.3 Å². The number of hydrogen-bond donors (Lipinski definition) is 0. The highest BCUT2D eigenvalue weighted by Gasteiger charge is 2.33. The summed E-state index contributed by atoms with van der Waals surface area (Å²) >= 11 is 7.56. The van der Waals surface area contributed by atoms with Crippen molar-refractivity contribution in [2.75, 3.05) is 32.2 Å². The zero-order valence-corrected chi connectivity index (χ0v) is 20.6. The van der Waals surface area contributed by atoms with E-state index in [0.717, 1.165) is 28.5 Å². The number of benzene rings is 2. The zero-order valence-electron chi connectivity index (χ0n) is 18.3. The van der Waals surface area contributed by atoms with Crippen LogP contribution in [0.15, 0.2) is 46.7 Å². The summed E-state index contributed by atoms with van der Waals surface area (Å²) in [4.78, 5) is 6.86. The number of nitrogens with zero attached hydrogens (tertiary/aromatic N) is 2. The van der Waals surface area contributed by atoms with E-state index < -0.39 is 20.9 Å². The summed E-state index contributed by atoms with van der Waals surface area (Å²) in [6.45, 7) is 1.15. The second kappa shape index (κ2) is 9.87. The maximum atomic E-state index is 13.3. The molecule has 2 aromatic carbocycles. The van der Waals surface area contributed by atoms with Gasteiger partial charge in [0.25, 0.3) is 0 Å². The number of thiazole rings is 1. The summed E-state index contributed by atoms with van der Waals surface area (Å²) in [5.74, 6) is 0.802. The second-order valence-corrected chi connectivity index (χ2v) is 11.2. The van der Waals surface area contributed by atoms with E-state index in [-0.39, 0.29) is 9.92 Å². The Hall–Kier alpha value is -2.36. The van der Waals surface area contributed by atoms with Crippen LogP contribution in [0.3, 0.4) is 0 Å². The molecule has 1 aliphatic rings. The van der Waals surface area contributed by atoms with E-state index in [1.165, 1.54) is 6.07 Å². The Morgan fingerprint density at radius 2 is 1.85 bits per heavy atom. The molecule has 0 atom stereocenters. The molecule has 6 nitrogen and oxygen atoms in total. The Labute approximate surface area is 201 Å². The lowest BCUT2D eigenvalue weighted by Gasteiger charge is -2.31. The molecule has 4 rings (SSSR count). The predicted molar refractivity (Wildman–Crippen MR) is 128 cm³/mol. The van der Waals surface area contributed by atoms with E-state index >= 15 is 0 Å². The number of methoxy groups -OCH3 is 2. The van der Waals surface area contributed by atoms with Crippen LogP contribution in [0.25, 0.3) is 0 Å². The Morgan fingerprint density at radius 3 is 2.52 bits per heavy atom. The molecular formula is C23H24ClFN2O4S2. The number of aromatic nitrogens is 1. The van der Waals surface area contributed by atoms with Gasteiger partial charge < -0.3 is 14.4 Å². The third-order valence-corrected chi connectivity index (χ3v) is 9.42. The molecular weight excluding hydrogens is 487 g/mol. The van der Waals surface area contributed by atoms with Gasteiger partial charge in [0.2, 0.25) is 0 Å². The second-order valence-electron chi connectivity index (χ2n) is 7.79. The molecule has 176 valence electrons. The van der Waals surface area contributed by atoms with E-state index in [9.17, 15) is 12.8 Å². The highest BCUT2D eigenvalue weighted by Crippen LogP contribution is 2.33. The van der Waals surface area contributed by atoms with Gasteiger partial charge in [0.15, 0.2) is 26.5 Å². The lowest BCUT2D eigenvalue weighted by atomic mass is 10.1. The van der Waals surface area contributed by atoms with Gasteiger partial charge in [-0.3, -0.25) is 0 Å². The molecule has 1 aliphatic heterocycles. The largest absolute Gasteiger partial charge is 0.493 e. The third kappa shape index (κ3) is 5.10. The molecule has 0 unspecified atom stereocenters. The van der Waals surface area contributed by atoms with E-state index in [1.807, 2.05) is 23.6 Å². The Kier molecular flexibility index (Phi) is 7.11. The number of piperidine rings is 1. The van der Waals surface area contributed by atoms with Gasteiger partial charge in [-0.05, 0) is 48.7 Å². The molecule has 33 heavy (non-hydrogen) atoms. The van der Waals surface area contributed by atoms with Gasteiger partial charge in [-0.25, -0.2) is 17.8 Å². The van der Waals surface area contributed by atoms with Crippen molar-refractivity contribution in [3.05, 3.63) is 63.9 Å². The van der Waals surface area contributed by atoms with Crippen LogP contribution in [0.1, 0.15) is 24.1 Å². The predicted octanol–water partition coefficient (Wildman–Crippen LogP) is 4.99. The first-order valence-electron chi connectivity index (χ1n) is 10.4. The maximum absolute atomic E-state index is 13.3. The van der Waals surface area contributed by atoms with Gasteiger partial charge in [0.05, 0.1) is 35.1 Å². The molecule has 0 saturated carbocycles. The molecule has 0 N–H and O–H groups in total. The molecule has 1 aromatic heterocycles. The third-order valence-electron chi connectivity index (χ3n) is 5.72. The fourth-order valence-corrected chi connectivity index (χ4v) is 7.11. The summed E-state index contributed by atoms with van der Waals surface area (Å²) in [5.41, 5.74) is 2.00. The van der Waals surface area contributed by atoms with Gasteiger partial charge in [0.1, 0.15) is 5.82 Å². The average Bonchev–Trinajstić information content (AvgIpc) is 3.27. The maximum Gasteiger partial charge on any atom is 0.185 e. The number of halogens is 2. The Morgan fingerprint density at radius 1 is 1.12 bits per heavy atom. The van der Waals surface area contributed by atoms with Crippen LogP contribution in [0.4, 0.5) is 9.52 Å². The van der Waals surface area contributed by atoms with E-state index in [4.69, 9.17) is 26.1 Å². The summed E-state index contributed by atoms with van der Waals surface area (Å²) in [7, 11) is -0.416. The van der Waals surface area contributed by atoms with E-state index in [0.29, 0.717) is 43.9 Å². The van der Waals surface area contributed by atoms with Crippen LogP contribution in [0, 0.1) is 5.82 Å². The summed E-state index contributed by atoms with van der Waals surface area (Å²) in [6.07, 6.45) is 1.58. The van der Waals surface area contributed by atoms with E-state index in [2.05, 4.69) is 4.90 Å². The standard InChI is InChI=1S/C23H24ClFN2O4S2/c1-30-20-5-3-15(12-21(20)31-2)11-17-14-32-23(26-17)27-9-7-18(8-10-27)33(28,29)22-6-4-16(25)13-19(22)24/h3-6,12-14,18H,7-11H2,1-2H3. The molecule has 1 fully saturated rings. The van der Waals surface area contributed by atoms with Crippen LogP contribution < -0.4 is 14.4 Å². The topological polar surface area (TPSA) is 68.7 Å². The van der Waals surface area contributed by atoms with Crippen molar-refractivity contribution in [1.82, 2.24) is 4.98 Å². The molecule has 0 spiro atoms. The van der Waals surface area contributed by atoms with Crippen molar-refractivity contribution >= 4 is 37.9 Å². The van der Waals surface area contributed by atoms with Gasteiger partial charge in [-0.2, -0.15) is 0 Å². The van der Waals surface area contributed by atoms with Crippen LogP contribution in [-0.2, 0) is 16.3 Å². The lowest BCUT2D eigenvalue weighted by molar-refractivity contribution is 0.354. The van der Waals surface area contributed by atoms with Crippen molar-refractivity contribution in [2.45, 2.75) is 29.4 Å². The minimum atomic E-state index is -3.63. The van der Waals surface area contributed by atoms with Crippen molar-refractivity contribution in [1.29, 1.82) is 0 Å². The van der Waals surface area contributed by atoms with Crippen molar-refractivity contribution in [2.24, 2.45) is 0 Å². The van der Waals surface area contributed by atoms with Gasteiger partial charge >= 0.3 is 0 Å². The first-order chi connectivity index (χ1) is 15.8. The van der Waals surface area contributed by atoms with Crippen molar-refractivity contribution in [3.8, 4) is 11.5 Å². The van der Waals surface area contributed by atoms with E-state index in [1.54, 1.807) is 25.6 Å². The minimum absolute atomic E-state index is 0.00419. The Balaban J connectivity index is 1.41. The smallest absolute Gasteiger partial charge is 0.185 e. The molecule has 0 aliphatic carbocycles. The molecule has 0 amide bonds. The fourth-order valence-electron chi connectivity index (χ4n) is 3.97. The zero-order chi connectivity index (χ0) is 23.6. The van der Waals surface area contributed by atoms with Crippen LogP contribution in [0.5, 0.6) is 11.5 Å². The van der Waals surface area contributed by atoms with Gasteiger partial charge in [0, 0.05) is 24.9 Å². The Bertz CT molecular complexity index is 1240. The van der Waals surface area contributed by atoms with Gasteiger partial charge in [-0.1, -0.05) is 17.7 Å². The number of sulfone groups is 1. The SMILES string of the molecule is COc1ccc(Cc2csc(N3CCC(S(=O)(=O)c4ccc(F)cc4Cl)CC3)n2)cc1OC. The molecule has 3 aromatic rings. The molecule has 10 heteroatoms. The summed E-state index contributed by atoms with van der Waals surface area (Å²) in [5, 5.41) is 2.27. The first-order valence-corrected chi connectivity index (χ1v) is 13.2. The number of hydrogen-bond acceptors (Lipinski definition) is 7. The number of anilines is 1. The molecule has 2 heterocycles. The molecule has 0 radical (unpaired) electrons. The average molecular weight is 511 g/mol. The highest BCUT2D eigenvalue weighted by molar-refractivity contribution is 7.92. The first kappa shape index (κ1) is 23.8. The number of ether oxygens (including phenoxy) is 2. The van der Waals surface area contributed by atoms with Crippen molar-refractivity contribution in [3.63, 3.8) is 0 Å². The summed E-state index contributed by atoms with van der Waals surface area (Å²) in [6, 6.07) is 9.22. The monoisotopic (exact) mass is 510 g/mol. The van der Waals surface area contributed by atoms with Gasteiger partial charge in [-0.15, -0.1) is 11.3 Å². The summed E-state index contributed by atoms with van der Waals surface area (Å²) < 4.78 is 50.0. The minimum Gasteiger partial charge on any atom is -0.493 e. The normalized spacial score (nSPS) is 15.0. The van der Waals surface area contributed by atoms with Crippen LogP contribution in [-0.4, -0.2) is 46.0 Å². The highest BCUT2D eigenvalue weighted by atomic mass is 35.5. The quantitative estimate of drug-likeness (QED) is 0.417. The molecule has 0 bridgehead atoms. The number of rotatable bonds is 7. The van der Waals surface area contributed by atoms with Crippen LogP contribution >= 0.6 is 22.9 Å². The lowest BCUT2D eigenvalue weighted by Crippen LogP contribution is -2.39. The fraction of sp³-hybridized carbons (Fsp3) is 0.348. The van der Waals surface area contributed by atoms with Crippen LogP contribution in [0.2, 0.25) is 5.02 Å².